The van der Waals surface area contributed by atoms with E-state index in [2.05, 4.69) is 25.2 Å². The largest absolute Gasteiger partial charge is 0.573 e. The van der Waals surface area contributed by atoms with Gasteiger partial charge in [0.1, 0.15) is 23.6 Å². The first kappa shape index (κ1) is 25.1. The van der Waals surface area contributed by atoms with Crippen molar-refractivity contribution in [3.8, 4) is 16.9 Å². The Morgan fingerprint density at radius 3 is 2.19 bits per heavy atom. The second-order valence-electron chi connectivity index (χ2n) is 7.93. The molecule has 0 saturated carbocycles. The van der Waals surface area contributed by atoms with Crippen molar-refractivity contribution in [1.82, 2.24) is 25.2 Å². The third-order valence-corrected chi connectivity index (χ3v) is 5.38. The van der Waals surface area contributed by atoms with Gasteiger partial charge in [-0.05, 0) is 52.7 Å². The molecule has 0 fully saturated rings. The van der Waals surface area contributed by atoms with Crippen LogP contribution in [0.5, 0.6) is 5.75 Å². The van der Waals surface area contributed by atoms with Crippen molar-refractivity contribution in [3.05, 3.63) is 89.8 Å². The number of rotatable bonds is 7. The summed E-state index contributed by atoms with van der Waals surface area (Å²) in [6.45, 7) is 0.671. The van der Waals surface area contributed by atoms with Crippen LogP contribution in [0.15, 0.2) is 67.1 Å². The lowest BCUT2D eigenvalue weighted by molar-refractivity contribution is -0.274. The van der Waals surface area contributed by atoms with Crippen LogP contribution in [0.1, 0.15) is 16.8 Å². The Morgan fingerprint density at radius 1 is 0.944 bits per heavy atom. The van der Waals surface area contributed by atoms with Crippen molar-refractivity contribution in [1.29, 1.82) is 0 Å². The van der Waals surface area contributed by atoms with E-state index in [-0.39, 0.29) is 0 Å². The van der Waals surface area contributed by atoms with Crippen LogP contribution in [0, 0.1) is 12.7 Å². The van der Waals surface area contributed by atoms with E-state index >= 15 is 8.78 Å². The fraction of sp³-hybridized carbons (Fsp3) is 0.217. The Hall–Kier alpha value is -4.00. The minimum Gasteiger partial charge on any atom is -0.406 e. The van der Waals surface area contributed by atoms with Gasteiger partial charge in [0.25, 0.3) is 0 Å². The highest BCUT2D eigenvalue weighted by molar-refractivity contribution is 5.63. The maximum atomic E-state index is 15.8. The van der Waals surface area contributed by atoms with Crippen molar-refractivity contribution < 1.29 is 36.2 Å². The van der Waals surface area contributed by atoms with Crippen LogP contribution in [0.4, 0.5) is 26.3 Å². The molecule has 4 aromatic rings. The van der Waals surface area contributed by atoms with E-state index in [4.69, 9.17) is 0 Å². The molecular formula is C23H17F6N5O2. The summed E-state index contributed by atoms with van der Waals surface area (Å²) in [5, 5.41) is 21.5. The first-order chi connectivity index (χ1) is 16.9. The van der Waals surface area contributed by atoms with Gasteiger partial charge in [0.15, 0.2) is 5.60 Å². The van der Waals surface area contributed by atoms with Gasteiger partial charge in [-0.25, -0.2) is 9.07 Å². The van der Waals surface area contributed by atoms with Crippen molar-refractivity contribution in [3.63, 3.8) is 0 Å². The normalized spacial score (nSPS) is 13.9. The second kappa shape index (κ2) is 9.22. The summed E-state index contributed by atoms with van der Waals surface area (Å²) in [6, 6.07) is 10.4. The van der Waals surface area contributed by atoms with Gasteiger partial charge >= 0.3 is 12.3 Å². The second-order valence-corrected chi connectivity index (χ2v) is 7.93. The SMILES string of the molecule is Cc1ccc([C@@](O)(Cn2cnnn2)C(F)(F)c2ccc(-c3ccc(OC(F)(F)F)cc3)cn2)c(F)c1. The molecule has 0 aliphatic rings. The van der Waals surface area contributed by atoms with Crippen LogP contribution in [-0.4, -0.2) is 36.7 Å². The minimum absolute atomic E-state index is 0.304. The van der Waals surface area contributed by atoms with E-state index < -0.39 is 47.3 Å². The number of aromatic nitrogens is 5. The number of aryl methyl sites for hydroxylation is 1. The molecule has 7 nitrogen and oxygen atoms in total. The van der Waals surface area contributed by atoms with Crippen LogP contribution in [-0.2, 0) is 18.1 Å². The molecular weight excluding hydrogens is 492 g/mol. The molecule has 188 valence electrons. The molecule has 0 aliphatic carbocycles. The highest BCUT2D eigenvalue weighted by atomic mass is 19.4. The lowest BCUT2D eigenvalue weighted by Gasteiger charge is -2.35. The van der Waals surface area contributed by atoms with E-state index in [1.807, 2.05) is 0 Å². The molecule has 0 saturated heterocycles. The molecule has 0 unspecified atom stereocenters. The van der Waals surface area contributed by atoms with Gasteiger partial charge < -0.3 is 9.84 Å². The molecule has 1 N–H and O–H groups in total. The van der Waals surface area contributed by atoms with Crippen molar-refractivity contribution >= 4 is 0 Å². The zero-order chi connectivity index (χ0) is 26.1. The number of halogens is 6. The lowest BCUT2D eigenvalue weighted by Crippen LogP contribution is -2.48. The van der Waals surface area contributed by atoms with Gasteiger partial charge in [0.2, 0.25) is 0 Å². The number of hydrogen-bond acceptors (Lipinski definition) is 6. The number of aliphatic hydroxyl groups is 1. The zero-order valence-corrected chi connectivity index (χ0v) is 18.4. The molecule has 0 radical (unpaired) electrons. The topological polar surface area (TPSA) is 86.0 Å². The average Bonchev–Trinajstić information content (AvgIpc) is 3.31. The van der Waals surface area contributed by atoms with Gasteiger partial charge in [-0.2, -0.15) is 8.78 Å². The van der Waals surface area contributed by atoms with E-state index in [1.165, 1.54) is 24.3 Å². The monoisotopic (exact) mass is 509 g/mol. The molecule has 0 spiro atoms. The van der Waals surface area contributed by atoms with Crippen LogP contribution >= 0.6 is 0 Å². The number of ether oxygens (including phenoxy) is 1. The Bertz CT molecular complexity index is 1330. The first-order valence-electron chi connectivity index (χ1n) is 10.3. The van der Waals surface area contributed by atoms with Gasteiger partial charge in [-0.1, -0.05) is 30.3 Å². The fourth-order valence-electron chi connectivity index (χ4n) is 3.61. The average molecular weight is 509 g/mol. The Morgan fingerprint density at radius 2 is 1.64 bits per heavy atom. The van der Waals surface area contributed by atoms with Crippen LogP contribution in [0.25, 0.3) is 11.1 Å². The third-order valence-electron chi connectivity index (χ3n) is 5.38. The molecule has 4 rings (SSSR count). The van der Waals surface area contributed by atoms with Crippen LogP contribution in [0.2, 0.25) is 0 Å². The summed E-state index contributed by atoms with van der Waals surface area (Å²) in [4.78, 5) is 3.77. The van der Waals surface area contributed by atoms with E-state index in [9.17, 15) is 22.7 Å². The number of tetrazole rings is 1. The maximum absolute atomic E-state index is 15.8. The standard InChI is InChI=1S/C23H17F6N5O2/c1-14-2-8-18(19(24)10-14)21(35,12-34-13-31-32-33-34)22(25,26)20-9-5-16(11-30-20)15-3-6-17(7-4-15)36-23(27,28)29/h2-11,13,35H,12H2,1H3/t21-/m0/s1. The quantitative estimate of drug-likeness (QED) is 0.362. The highest BCUT2D eigenvalue weighted by Crippen LogP contribution is 2.47. The number of nitrogens with zero attached hydrogens (tertiary/aromatic N) is 5. The molecule has 1 atom stereocenters. The van der Waals surface area contributed by atoms with Crippen molar-refractivity contribution in [2.24, 2.45) is 0 Å². The predicted molar refractivity (Wildman–Crippen MR) is 113 cm³/mol. The number of hydrogen-bond donors (Lipinski definition) is 1. The molecule has 13 heteroatoms. The molecule has 0 bridgehead atoms. The number of pyridine rings is 1. The molecule has 2 heterocycles. The van der Waals surface area contributed by atoms with E-state index in [0.29, 0.717) is 16.7 Å². The molecule has 2 aromatic carbocycles. The van der Waals surface area contributed by atoms with Crippen LogP contribution < -0.4 is 4.74 Å². The summed E-state index contributed by atoms with van der Waals surface area (Å²) in [6.07, 6.45) is -2.80. The van der Waals surface area contributed by atoms with Crippen molar-refractivity contribution in [2.75, 3.05) is 0 Å². The Kier molecular flexibility index (Phi) is 6.43. The smallest absolute Gasteiger partial charge is 0.406 e. The van der Waals surface area contributed by atoms with Crippen molar-refractivity contribution in [2.45, 2.75) is 31.4 Å². The summed E-state index contributed by atoms with van der Waals surface area (Å²) in [5.74, 6) is -5.63. The lowest BCUT2D eigenvalue weighted by atomic mass is 9.84. The van der Waals surface area contributed by atoms with Gasteiger partial charge in [-0.15, -0.1) is 18.3 Å². The number of alkyl halides is 5. The van der Waals surface area contributed by atoms with Crippen LogP contribution in [0.3, 0.4) is 0 Å². The zero-order valence-electron chi connectivity index (χ0n) is 18.4. The van der Waals surface area contributed by atoms with E-state index in [0.717, 1.165) is 47.5 Å². The van der Waals surface area contributed by atoms with Gasteiger partial charge in [0, 0.05) is 17.3 Å². The Labute approximate surface area is 200 Å². The van der Waals surface area contributed by atoms with Gasteiger partial charge in [0.05, 0.1) is 6.54 Å². The number of benzene rings is 2. The summed E-state index contributed by atoms with van der Waals surface area (Å²) in [5.41, 5.74) is -3.55. The maximum Gasteiger partial charge on any atom is 0.573 e. The summed E-state index contributed by atoms with van der Waals surface area (Å²) < 4.78 is 88.1. The van der Waals surface area contributed by atoms with E-state index in [1.54, 1.807) is 6.92 Å². The summed E-state index contributed by atoms with van der Waals surface area (Å²) in [7, 11) is 0. The first-order valence-corrected chi connectivity index (χ1v) is 10.3. The molecule has 0 aliphatic heterocycles. The fourth-order valence-corrected chi connectivity index (χ4v) is 3.61. The molecule has 0 amide bonds. The predicted octanol–water partition coefficient (Wildman–Crippen LogP) is 4.76. The highest BCUT2D eigenvalue weighted by Gasteiger charge is 2.57. The minimum atomic E-state index is -4.85. The summed E-state index contributed by atoms with van der Waals surface area (Å²) >= 11 is 0. The molecule has 36 heavy (non-hydrogen) atoms. The van der Waals surface area contributed by atoms with Gasteiger partial charge in [-0.3, -0.25) is 4.98 Å². The molecule has 2 aromatic heterocycles. The Balaban J connectivity index is 1.69. The third kappa shape index (κ3) is 5.00.